The second-order valence-corrected chi connectivity index (χ2v) is 11.8. The van der Waals surface area contributed by atoms with Crippen molar-refractivity contribution in [3.05, 3.63) is 36.2 Å². The van der Waals surface area contributed by atoms with Gasteiger partial charge >= 0.3 is 6.09 Å². The molecule has 3 aromatic rings. The van der Waals surface area contributed by atoms with Gasteiger partial charge in [-0.05, 0) is 51.8 Å². The van der Waals surface area contributed by atoms with Gasteiger partial charge in [-0.15, -0.1) is 0 Å². The summed E-state index contributed by atoms with van der Waals surface area (Å²) < 4.78 is 7.80. The minimum Gasteiger partial charge on any atom is -0.444 e. The first-order valence-electron chi connectivity index (χ1n) is 14.1. The van der Waals surface area contributed by atoms with Gasteiger partial charge in [-0.3, -0.25) is 0 Å². The van der Waals surface area contributed by atoms with E-state index in [4.69, 9.17) is 9.72 Å². The largest absolute Gasteiger partial charge is 0.444 e. The number of likely N-dealkylation sites (N-methyl/N-ethyl adjacent to an activating group) is 1. The van der Waals surface area contributed by atoms with Crippen molar-refractivity contribution in [2.24, 2.45) is 0 Å². The maximum absolute atomic E-state index is 12.4. The van der Waals surface area contributed by atoms with E-state index in [1.165, 1.54) is 12.8 Å². The summed E-state index contributed by atoms with van der Waals surface area (Å²) in [5.41, 5.74) is 2.43. The quantitative estimate of drug-likeness (QED) is 0.488. The van der Waals surface area contributed by atoms with Crippen LogP contribution in [0.3, 0.4) is 0 Å². The number of rotatable bonds is 4. The van der Waals surface area contributed by atoms with E-state index in [-0.39, 0.29) is 6.09 Å². The first-order chi connectivity index (χ1) is 19.2. The number of fused-ring (bicyclic) bond motifs is 3. The van der Waals surface area contributed by atoms with Crippen molar-refractivity contribution in [1.82, 2.24) is 24.4 Å². The number of ether oxygens (including phenoxy) is 1. The number of pyridine rings is 1. The average molecular weight is 547 g/mol. The van der Waals surface area contributed by atoms with Crippen LogP contribution in [0.5, 0.6) is 0 Å². The van der Waals surface area contributed by atoms with Gasteiger partial charge in [0.25, 0.3) is 0 Å². The first kappa shape index (κ1) is 26.4. The highest BCUT2D eigenvalue weighted by atomic mass is 16.6. The molecule has 0 bridgehead atoms. The van der Waals surface area contributed by atoms with E-state index in [0.29, 0.717) is 44.0 Å². The van der Waals surface area contributed by atoms with Crippen molar-refractivity contribution in [2.45, 2.75) is 64.3 Å². The number of aliphatic hydroxyl groups excluding tert-OH is 1. The molecule has 5 heterocycles. The third-order valence-corrected chi connectivity index (χ3v) is 7.90. The van der Waals surface area contributed by atoms with Crippen molar-refractivity contribution < 1.29 is 14.6 Å². The first-order valence-corrected chi connectivity index (χ1v) is 14.1. The van der Waals surface area contributed by atoms with E-state index in [1.807, 2.05) is 63.3 Å². The summed E-state index contributed by atoms with van der Waals surface area (Å²) in [4.78, 5) is 32.4. The number of nitrogens with zero attached hydrogens (tertiary/aromatic N) is 7. The number of hydrogen-bond acceptors (Lipinski definition) is 9. The maximum atomic E-state index is 12.4. The summed E-state index contributed by atoms with van der Waals surface area (Å²) >= 11 is 0. The van der Waals surface area contributed by atoms with Crippen molar-refractivity contribution in [3.63, 3.8) is 0 Å². The fraction of sp³-hybridized carbons (Fsp3) is 0.517. The van der Waals surface area contributed by atoms with Crippen molar-refractivity contribution in [2.75, 3.05) is 48.3 Å². The molecular formula is C29H38N8O3. The standard InChI is InChI=1S/C29H38N8O3/c1-29(2,3)40-28(39)36-15-13-35(14-16-36)20-9-11-23(30-17-20)32-27-31-18-22-21-10-12-24(38)34(4)26(21)37(25(22)33-27)19-7-5-6-8-19/h9-12,17-19,24,38H,5-8,13-16H2,1-4H3,(H,30,31,32,33). The highest BCUT2D eigenvalue weighted by Gasteiger charge is 2.31. The molecule has 2 aliphatic heterocycles. The lowest BCUT2D eigenvalue weighted by atomic mass is 10.1. The molecule has 3 aromatic heterocycles. The summed E-state index contributed by atoms with van der Waals surface area (Å²) in [6.07, 6.45) is 11.2. The van der Waals surface area contributed by atoms with Crippen LogP contribution in [-0.2, 0) is 4.74 Å². The number of piperazine rings is 1. The molecule has 1 atom stereocenters. The molecule has 1 aliphatic carbocycles. The van der Waals surface area contributed by atoms with Gasteiger partial charge in [0.05, 0.1) is 11.9 Å². The molecule has 1 unspecified atom stereocenters. The summed E-state index contributed by atoms with van der Waals surface area (Å²) in [7, 11) is 1.92. The van der Waals surface area contributed by atoms with Gasteiger partial charge in [-0.25, -0.2) is 14.8 Å². The van der Waals surface area contributed by atoms with Gasteiger partial charge in [0.1, 0.15) is 29.1 Å². The zero-order valence-electron chi connectivity index (χ0n) is 23.7. The summed E-state index contributed by atoms with van der Waals surface area (Å²) in [5.74, 6) is 2.14. The molecule has 40 heavy (non-hydrogen) atoms. The number of nitrogens with one attached hydrogen (secondary N) is 1. The SMILES string of the molecule is CN1c2c(c3cnc(Nc4ccc(N5CCN(C(=O)OC(C)(C)C)CC5)cn4)nc3n2C2CCCC2)C=CC1O. The summed E-state index contributed by atoms with van der Waals surface area (Å²) in [6.45, 7) is 8.29. The lowest BCUT2D eigenvalue weighted by Gasteiger charge is -2.36. The Labute approximate surface area is 234 Å². The number of carbonyl (C=O) groups is 1. The molecule has 11 heteroatoms. The molecule has 3 aliphatic rings. The maximum Gasteiger partial charge on any atom is 0.410 e. The number of aliphatic hydroxyl groups is 1. The van der Waals surface area contributed by atoms with Crippen LogP contribution >= 0.6 is 0 Å². The Morgan fingerprint density at radius 3 is 2.50 bits per heavy atom. The third-order valence-electron chi connectivity index (χ3n) is 7.90. The molecule has 11 nitrogen and oxygen atoms in total. The second kappa shape index (κ2) is 10.3. The third kappa shape index (κ3) is 5.05. The van der Waals surface area contributed by atoms with Crippen molar-refractivity contribution >= 4 is 46.5 Å². The number of carbonyl (C=O) groups excluding carboxylic acids is 1. The van der Waals surface area contributed by atoms with Gasteiger partial charge in [0.2, 0.25) is 5.95 Å². The Morgan fingerprint density at radius 2 is 1.82 bits per heavy atom. The molecular weight excluding hydrogens is 508 g/mol. The number of anilines is 4. The summed E-state index contributed by atoms with van der Waals surface area (Å²) in [6, 6.07) is 4.30. The van der Waals surface area contributed by atoms with E-state index in [9.17, 15) is 9.90 Å². The van der Waals surface area contributed by atoms with Crippen LogP contribution in [0.4, 0.5) is 28.1 Å². The molecule has 1 saturated heterocycles. The lowest BCUT2D eigenvalue weighted by molar-refractivity contribution is 0.0240. The highest BCUT2D eigenvalue weighted by Crippen LogP contribution is 2.42. The molecule has 1 saturated carbocycles. The van der Waals surface area contributed by atoms with Gasteiger partial charge in [0.15, 0.2) is 0 Å². The Hall–Kier alpha value is -3.86. The van der Waals surface area contributed by atoms with Crippen LogP contribution in [0.1, 0.15) is 58.1 Å². The predicted molar refractivity (Wildman–Crippen MR) is 156 cm³/mol. The van der Waals surface area contributed by atoms with Crippen molar-refractivity contribution in [1.29, 1.82) is 0 Å². The Balaban J connectivity index is 1.18. The van der Waals surface area contributed by atoms with Crippen LogP contribution in [-0.4, -0.2) is 80.7 Å². The monoisotopic (exact) mass is 546 g/mol. The van der Waals surface area contributed by atoms with Gasteiger partial charge in [-0.1, -0.05) is 18.9 Å². The topological polar surface area (TPSA) is 112 Å². The molecule has 0 radical (unpaired) electrons. The fourth-order valence-corrected chi connectivity index (χ4v) is 5.86. The lowest BCUT2D eigenvalue weighted by Crippen LogP contribution is -2.50. The van der Waals surface area contributed by atoms with Crippen LogP contribution in [0.2, 0.25) is 0 Å². The molecule has 0 spiro atoms. The van der Waals surface area contributed by atoms with E-state index >= 15 is 0 Å². The smallest absolute Gasteiger partial charge is 0.410 e. The normalized spacial score (nSPS) is 19.8. The molecule has 0 aromatic carbocycles. The minimum absolute atomic E-state index is 0.263. The predicted octanol–water partition coefficient (Wildman–Crippen LogP) is 4.52. The zero-order valence-corrected chi connectivity index (χ0v) is 23.7. The van der Waals surface area contributed by atoms with E-state index in [1.54, 1.807) is 11.0 Å². The number of hydrogen-bond donors (Lipinski definition) is 2. The Kier molecular flexibility index (Phi) is 6.77. The minimum atomic E-state index is -0.662. The molecule has 1 amide bonds. The van der Waals surface area contributed by atoms with E-state index < -0.39 is 11.8 Å². The van der Waals surface area contributed by atoms with Gasteiger partial charge in [-0.2, -0.15) is 4.98 Å². The van der Waals surface area contributed by atoms with Gasteiger partial charge in [0, 0.05) is 56.4 Å². The molecule has 2 N–H and O–H groups in total. The Bertz CT molecular complexity index is 1410. The van der Waals surface area contributed by atoms with E-state index in [2.05, 4.69) is 24.8 Å². The molecule has 212 valence electrons. The average Bonchev–Trinajstić information content (AvgIpc) is 3.56. The van der Waals surface area contributed by atoms with Crippen LogP contribution in [0, 0.1) is 0 Å². The second-order valence-electron chi connectivity index (χ2n) is 11.8. The van der Waals surface area contributed by atoms with Crippen molar-refractivity contribution in [3.8, 4) is 0 Å². The van der Waals surface area contributed by atoms with Gasteiger partial charge < -0.3 is 34.4 Å². The highest BCUT2D eigenvalue weighted by molar-refractivity contribution is 5.95. The van der Waals surface area contributed by atoms with Crippen LogP contribution in [0.15, 0.2) is 30.6 Å². The summed E-state index contributed by atoms with van der Waals surface area (Å²) in [5, 5.41) is 14.8. The molecule has 2 fully saturated rings. The number of amides is 1. The fourth-order valence-electron chi connectivity index (χ4n) is 5.86. The Morgan fingerprint density at radius 1 is 1.07 bits per heavy atom. The number of aromatic nitrogens is 4. The van der Waals surface area contributed by atoms with E-state index in [0.717, 1.165) is 40.9 Å². The molecule has 6 rings (SSSR count). The van der Waals surface area contributed by atoms with Crippen LogP contribution in [0.25, 0.3) is 17.1 Å². The van der Waals surface area contributed by atoms with Crippen LogP contribution < -0.4 is 15.1 Å². The zero-order chi connectivity index (χ0) is 28.0.